The third kappa shape index (κ3) is 5.23. The number of carbonyl (C=O) groups is 1. The lowest BCUT2D eigenvalue weighted by Gasteiger charge is -2.36. The molecule has 1 aliphatic heterocycles. The molecule has 6 nitrogen and oxygen atoms in total. The summed E-state index contributed by atoms with van der Waals surface area (Å²) in [6.45, 7) is 9.17. The summed E-state index contributed by atoms with van der Waals surface area (Å²) >= 11 is 0. The second kappa shape index (κ2) is 8.10. The van der Waals surface area contributed by atoms with Crippen LogP contribution in [0.5, 0.6) is 0 Å². The maximum absolute atomic E-state index is 12.8. The number of piperidine rings is 1. The van der Waals surface area contributed by atoms with E-state index in [9.17, 15) is 13.2 Å². The Kier molecular flexibility index (Phi) is 7.09. The second-order valence-corrected chi connectivity index (χ2v) is 7.84. The van der Waals surface area contributed by atoms with Crippen LogP contribution in [0.15, 0.2) is 0 Å². The van der Waals surface area contributed by atoms with Crippen molar-refractivity contribution in [3.63, 3.8) is 0 Å². The molecule has 0 aliphatic carbocycles. The molecule has 2 atom stereocenters. The molecule has 0 aromatic rings. The minimum Gasteiger partial charge on any atom is -0.465 e. The molecule has 0 saturated carbocycles. The van der Waals surface area contributed by atoms with Gasteiger partial charge in [-0.15, -0.1) is 0 Å². The molecular formula is C14H28N2O4S. The molecule has 1 heterocycles. The Labute approximate surface area is 128 Å². The Bertz CT molecular complexity index is 428. The highest BCUT2D eigenvalue weighted by molar-refractivity contribution is 7.86. The summed E-state index contributed by atoms with van der Waals surface area (Å²) < 4.78 is 33.1. The SMILES string of the molecule is CCCN(CC(=O)OCC)S(=O)(=O)N1CC(C)CC(C)C1. The second-order valence-electron chi connectivity index (χ2n) is 5.91. The summed E-state index contributed by atoms with van der Waals surface area (Å²) in [5.41, 5.74) is 0. The van der Waals surface area contributed by atoms with Gasteiger partial charge in [-0.25, -0.2) is 0 Å². The van der Waals surface area contributed by atoms with E-state index in [1.807, 2.05) is 6.92 Å². The molecule has 0 spiro atoms. The zero-order valence-electron chi connectivity index (χ0n) is 13.5. The van der Waals surface area contributed by atoms with Crippen molar-refractivity contribution >= 4 is 16.2 Å². The van der Waals surface area contributed by atoms with Gasteiger partial charge in [-0.05, 0) is 31.6 Å². The minimum absolute atomic E-state index is 0.205. The quantitative estimate of drug-likeness (QED) is 0.667. The summed E-state index contributed by atoms with van der Waals surface area (Å²) in [4.78, 5) is 11.6. The molecule has 0 amide bonds. The van der Waals surface area contributed by atoms with Gasteiger partial charge >= 0.3 is 5.97 Å². The van der Waals surface area contributed by atoms with E-state index in [0.717, 1.165) is 6.42 Å². The average molecular weight is 320 g/mol. The first-order valence-electron chi connectivity index (χ1n) is 7.72. The summed E-state index contributed by atoms with van der Waals surface area (Å²) in [5.74, 6) is 0.192. The Morgan fingerprint density at radius 1 is 1.24 bits per heavy atom. The molecule has 1 aliphatic rings. The largest absolute Gasteiger partial charge is 0.465 e. The Morgan fingerprint density at radius 2 is 1.81 bits per heavy atom. The highest BCUT2D eigenvalue weighted by atomic mass is 32.2. The zero-order valence-corrected chi connectivity index (χ0v) is 14.4. The van der Waals surface area contributed by atoms with Gasteiger partial charge in [-0.3, -0.25) is 4.79 Å². The number of carbonyl (C=O) groups excluding carboxylic acids is 1. The topological polar surface area (TPSA) is 66.9 Å². The summed E-state index contributed by atoms with van der Waals surface area (Å²) in [6.07, 6.45) is 1.70. The smallest absolute Gasteiger partial charge is 0.321 e. The minimum atomic E-state index is -3.60. The van der Waals surface area contributed by atoms with Gasteiger partial charge in [0.15, 0.2) is 0 Å². The van der Waals surface area contributed by atoms with E-state index >= 15 is 0 Å². The Morgan fingerprint density at radius 3 is 2.29 bits per heavy atom. The average Bonchev–Trinajstić information content (AvgIpc) is 2.37. The van der Waals surface area contributed by atoms with Gasteiger partial charge in [-0.2, -0.15) is 17.0 Å². The van der Waals surface area contributed by atoms with Crippen molar-refractivity contribution in [2.75, 3.05) is 32.8 Å². The van der Waals surface area contributed by atoms with Gasteiger partial charge in [0.1, 0.15) is 6.54 Å². The number of nitrogens with zero attached hydrogens (tertiary/aromatic N) is 2. The van der Waals surface area contributed by atoms with Crippen LogP contribution in [0.2, 0.25) is 0 Å². The van der Waals surface area contributed by atoms with Crippen molar-refractivity contribution in [1.29, 1.82) is 0 Å². The van der Waals surface area contributed by atoms with E-state index < -0.39 is 16.2 Å². The number of ether oxygens (including phenoxy) is 1. The molecule has 1 saturated heterocycles. The van der Waals surface area contributed by atoms with Crippen LogP contribution in [0.3, 0.4) is 0 Å². The monoisotopic (exact) mass is 320 g/mol. The molecular weight excluding hydrogens is 292 g/mol. The van der Waals surface area contributed by atoms with Crippen LogP contribution in [0.4, 0.5) is 0 Å². The normalized spacial score (nSPS) is 24.2. The summed E-state index contributed by atoms with van der Waals surface area (Å²) in [5, 5.41) is 0. The number of hydrogen-bond donors (Lipinski definition) is 0. The summed E-state index contributed by atoms with van der Waals surface area (Å²) in [7, 11) is -3.60. The molecule has 1 fully saturated rings. The van der Waals surface area contributed by atoms with Crippen LogP contribution in [-0.4, -0.2) is 55.8 Å². The van der Waals surface area contributed by atoms with E-state index in [2.05, 4.69) is 13.8 Å². The first-order valence-corrected chi connectivity index (χ1v) is 9.11. The molecule has 0 bridgehead atoms. The molecule has 0 radical (unpaired) electrons. The van der Waals surface area contributed by atoms with Crippen molar-refractivity contribution < 1.29 is 17.9 Å². The van der Waals surface area contributed by atoms with Crippen LogP contribution < -0.4 is 0 Å². The third-order valence-electron chi connectivity index (χ3n) is 3.57. The molecule has 0 N–H and O–H groups in total. The molecule has 7 heteroatoms. The van der Waals surface area contributed by atoms with Gasteiger partial charge in [0.05, 0.1) is 6.61 Å². The highest BCUT2D eigenvalue weighted by Gasteiger charge is 2.35. The maximum atomic E-state index is 12.8. The Balaban J connectivity index is 2.85. The number of hydrogen-bond acceptors (Lipinski definition) is 4. The summed E-state index contributed by atoms with van der Waals surface area (Å²) in [6, 6.07) is 0. The van der Waals surface area contributed by atoms with Crippen molar-refractivity contribution in [2.45, 2.75) is 40.5 Å². The fourth-order valence-corrected chi connectivity index (χ4v) is 4.73. The predicted molar refractivity (Wildman–Crippen MR) is 81.9 cm³/mol. The van der Waals surface area contributed by atoms with Crippen molar-refractivity contribution in [1.82, 2.24) is 8.61 Å². The lowest BCUT2D eigenvalue weighted by Crippen LogP contribution is -2.51. The van der Waals surface area contributed by atoms with Gasteiger partial charge in [0, 0.05) is 19.6 Å². The molecule has 2 unspecified atom stereocenters. The zero-order chi connectivity index (χ0) is 16.0. The van der Waals surface area contributed by atoms with Crippen LogP contribution in [0, 0.1) is 11.8 Å². The van der Waals surface area contributed by atoms with Gasteiger partial charge in [-0.1, -0.05) is 20.8 Å². The van der Waals surface area contributed by atoms with Crippen LogP contribution in [0.25, 0.3) is 0 Å². The molecule has 1 rings (SSSR count). The molecule has 0 aromatic carbocycles. The van der Waals surface area contributed by atoms with Gasteiger partial charge < -0.3 is 4.74 Å². The fraction of sp³-hybridized carbons (Fsp3) is 0.929. The van der Waals surface area contributed by atoms with Gasteiger partial charge in [0.25, 0.3) is 10.2 Å². The van der Waals surface area contributed by atoms with E-state index in [0.29, 0.717) is 37.9 Å². The molecule has 21 heavy (non-hydrogen) atoms. The first kappa shape index (κ1) is 18.4. The predicted octanol–water partition coefficient (Wildman–Crippen LogP) is 1.48. The molecule has 0 aromatic heterocycles. The lowest BCUT2D eigenvalue weighted by atomic mass is 9.94. The molecule has 124 valence electrons. The number of esters is 1. The van der Waals surface area contributed by atoms with Crippen molar-refractivity contribution in [3.8, 4) is 0 Å². The van der Waals surface area contributed by atoms with Gasteiger partial charge in [0.2, 0.25) is 0 Å². The first-order chi connectivity index (χ1) is 9.81. The van der Waals surface area contributed by atoms with E-state index in [-0.39, 0.29) is 13.2 Å². The van der Waals surface area contributed by atoms with E-state index in [1.54, 1.807) is 6.92 Å². The highest BCUT2D eigenvalue weighted by Crippen LogP contribution is 2.24. The van der Waals surface area contributed by atoms with Crippen molar-refractivity contribution in [3.05, 3.63) is 0 Å². The Hall–Kier alpha value is -0.660. The lowest BCUT2D eigenvalue weighted by molar-refractivity contribution is -0.143. The van der Waals surface area contributed by atoms with Crippen LogP contribution in [-0.2, 0) is 19.7 Å². The van der Waals surface area contributed by atoms with Crippen LogP contribution in [0.1, 0.15) is 40.5 Å². The third-order valence-corrected chi connectivity index (χ3v) is 5.49. The van der Waals surface area contributed by atoms with E-state index in [4.69, 9.17) is 4.74 Å². The standard InChI is InChI=1S/C14H28N2O4S/c1-5-7-15(11-14(17)20-6-2)21(18,19)16-9-12(3)8-13(4)10-16/h12-13H,5-11H2,1-4H3. The maximum Gasteiger partial charge on any atom is 0.321 e. The van der Waals surface area contributed by atoms with Crippen LogP contribution >= 0.6 is 0 Å². The van der Waals surface area contributed by atoms with E-state index in [1.165, 1.54) is 8.61 Å². The van der Waals surface area contributed by atoms with Crippen molar-refractivity contribution in [2.24, 2.45) is 11.8 Å². The number of rotatable bonds is 7. The fourth-order valence-electron chi connectivity index (χ4n) is 2.83.